The van der Waals surface area contributed by atoms with Gasteiger partial charge in [-0.3, -0.25) is 0 Å². The van der Waals surface area contributed by atoms with Crippen LogP contribution in [-0.2, 0) is 5.41 Å². The fourth-order valence-electron chi connectivity index (χ4n) is 1.78. The Kier molecular flexibility index (Phi) is 1.97. The zero-order valence-electron chi connectivity index (χ0n) is 7.68. The fourth-order valence-corrected chi connectivity index (χ4v) is 2.60. The first-order chi connectivity index (χ1) is 5.77. The highest BCUT2D eigenvalue weighted by Crippen LogP contribution is 2.48. The summed E-state index contributed by atoms with van der Waals surface area (Å²) < 4.78 is 0. The van der Waals surface area contributed by atoms with E-state index in [0.29, 0.717) is 5.41 Å². The fraction of sp³-hybridized carbons (Fsp3) is 0.600. The molecule has 1 aromatic heterocycles. The lowest BCUT2D eigenvalue weighted by Gasteiger charge is -2.11. The minimum Gasteiger partial charge on any atom is -0.319 e. The minimum absolute atomic E-state index is 0.513. The van der Waals surface area contributed by atoms with Crippen LogP contribution in [0.2, 0.25) is 0 Å². The second-order valence-electron chi connectivity index (χ2n) is 3.76. The van der Waals surface area contributed by atoms with Gasteiger partial charge in [-0.2, -0.15) is 0 Å². The first kappa shape index (κ1) is 8.27. The molecule has 0 bridgehead atoms. The van der Waals surface area contributed by atoms with E-state index in [4.69, 9.17) is 0 Å². The molecule has 0 saturated heterocycles. The standard InChI is InChI=1S/C10H15NS/c1-8-5-9(6-12-8)10(3-4-10)7-11-2/h5-6,11H,3-4,7H2,1-2H3. The number of likely N-dealkylation sites (N-methyl/N-ethyl adjacent to an activating group) is 1. The lowest BCUT2D eigenvalue weighted by molar-refractivity contribution is 0.626. The second kappa shape index (κ2) is 2.86. The van der Waals surface area contributed by atoms with E-state index in [0.717, 1.165) is 6.54 Å². The van der Waals surface area contributed by atoms with Crippen LogP contribution < -0.4 is 5.32 Å². The monoisotopic (exact) mass is 181 g/mol. The number of rotatable bonds is 3. The molecule has 1 heterocycles. The summed E-state index contributed by atoms with van der Waals surface area (Å²) in [7, 11) is 2.04. The molecule has 12 heavy (non-hydrogen) atoms. The van der Waals surface area contributed by atoms with Gasteiger partial charge in [0.1, 0.15) is 0 Å². The van der Waals surface area contributed by atoms with Crippen LogP contribution in [0.4, 0.5) is 0 Å². The van der Waals surface area contributed by atoms with Crippen molar-refractivity contribution in [3.8, 4) is 0 Å². The molecule has 0 aromatic carbocycles. The minimum atomic E-state index is 0.513. The molecule has 0 radical (unpaired) electrons. The molecular weight excluding hydrogens is 166 g/mol. The van der Waals surface area contributed by atoms with Crippen LogP contribution >= 0.6 is 11.3 Å². The van der Waals surface area contributed by atoms with Crippen LogP contribution in [0.3, 0.4) is 0 Å². The normalized spacial score (nSPS) is 19.5. The van der Waals surface area contributed by atoms with Crippen molar-refractivity contribution in [2.75, 3.05) is 13.6 Å². The quantitative estimate of drug-likeness (QED) is 0.754. The van der Waals surface area contributed by atoms with Crippen molar-refractivity contribution in [2.45, 2.75) is 25.2 Å². The van der Waals surface area contributed by atoms with Gasteiger partial charge in [-0.05, 0) is 43.8 Å². The van der Waals surface area contributed by atoms with Crippen molar-refractivity contribution < 1.29 is 0 Å². The molecule has 1 fully saturated rings. The Morgan fingerprint density at radius 2 is 2.33 bits per heavy atom. The summed E-state index contributed by atoms with van der Waals surface area (Å²) in [5, 5.41) is 5.60. The Hall–Kier alpha value is -0.340. The van der Waals surface area contributed by atoms with E-state index in [9.17, 15) is 0 Å². The SMILES string of the molecule is CNCC1(c2csc(C)c2)CC1. The Balaban J connectivity index is 2.18. The number of hydrogen-bond acceptors (Lipinski definition) is 2. The van der Waals surface area contributed by atoms with Crippen LogP contribution in [0.1, 0.15) is 23.3 Å². The van der Waals surface area contributed by atoms with Crippen molar-refractivity contribution >= 4 is 11.3 Å². The maximum atomic E-state index is 3.28. The first-order valence-corrected chi connectivity index (χ1v) is 5.35. The van der Waals surface area contributed by atoms with Crippen LogP contribution in [-0.4, -0.2) is 13.6 Å². The lowest BCUT2D eigenvalue weighted by Crippen LogP contribution is -2.22. The van der Waals surface area contributed by atoms with E-state index < -0.39 is 0 Å². The van der Waals surface area contributed by atoms with Crippen molar-refractivity contribution in [1.29, 1.82) is 0 Å². The summed E-state index contributed by atoms with van der Waals surface area (Å²) in [6, 6.07) is 2.34. The smallest absolute Gasteiger partial charge is 0.00866 e. The molecule has 0 atom stereocenters. The van der Waals surface area contributed by atoms with E-state index in [2.05, 4.69) is 23.7 Å². The van der Waals surface area contributed by atoms with E-state index in [1.165, 1.54) is 17.7 Å². The molecule has 1 aliphatic carbocycles. The average Bonchev–Trinajstić information content (AvgIpc) is 2.69. The highest BCUT2D eigenvalue weighted by molar-refractivity contribution is 7.10. The molecule has 1 N–H and O–H groups in total. The summed E-state index contributed by atoms with van der Waals surface area (Å²) >= 11 is 1.87. The third kappa shape index (κ3) is 1.29. The molecule has 66 valence electrons. The van der Waals surface area contributed by atoms with Crippen LogP contribution in [0.15, 0.2) is 11.4 Å². The predicted octanol–water partition coefficient (Wildman–Crippen LogP) is 2.31. The molecule has 2 rings (SSSR count). The predicted molar refractivity (Wildman–Crippen MR) is 53.9 cm³/mol. The maximum Gasteiger partial charge on any atom is 0.00866 e. The second-order valence-corrected chi connectivity index (χ2v) is 4.87. The van der Waals surface area contributed by atoms with Gasteiger partial charge in [0.2, 0.25) is 0 Å². The first-order valence-electron chi connectivity index (χ1n) is 4.47. The molecule has 1 nitrogen and oxygen atoms in total. The zero-order chi connectivity index (χ0) is 8.60. The Labute approximate surface area is 77.8 Å². The van der Waals surface area contributed by atoms with Crippen molar-refractivity contribution in [1.82, 2.24) is 5.32 Å². The Morgan fingerprint density at radius 3 is 2.75 bits per heavy atom. The zero-order valence-corrected chi connectivity index (χ0v) is 8.50. The third-order valence-electron chi connectivity index (χ3n) is 2.71. The molecular formula is C10H15NS. The molecule has 0 spiro atoms. The summed E-state index contributed by atoms with van der Waals surface area (Å²) in [5.41, 5.74) is 2.07. The molecule has 0 unspecified atom stereocenters. The number of aryl methyl sites for hydroxylation is 1. The van der Waals surface area contributed by atoms with Gasteiger partial charge in [0.15, 0.2) is 0 Å². The van der Waals surface area contributed by atoms with Gasteiger partial charge < -0.3 is 5.32 Å². The topological polar surface area (TPSA) is 12.0 Å². The summed E-state index contributed by atoms with van der Waals surface area (Å²) in [6.07, 6.45) is 2.73. The maximum absolute atomic E-state index is 3.28. The van der Waals surface area contributed by atoms with E-state index in [1.54, 1.807) is 5.56 Å². The Bertz CT molecular complexity index is 273. The van der Waals surface area contributed by atoms with E-state index in [1.807, 2.05) is 18.4 Å². The number of nitrogens with one attached hydrogen (secondary N) is 1. The highest BCUT2D eigenvalue weighted by atomic mass is 32.1. The van der Waals surface area contributed by atoms with Gasteiger partial charge >= 0.3 is 0 Å². The molecule has 0 aliphatic heterocycles. The summed E-state index contributed by atoms with van der Waals surface area (Å²) in [4.78, 5) is 1.44. The molecule has 1 aromatic rings. The Morgan fingerprint density at radius 1 is 1.58 bits per heavy atom. The van der Waals surface area contributed by atoms with Gasteiger partial charge in [-0.25, -0.2) is 0 Å². The van der Waals surface area contributed by atoms with E-state index in [-0.39, 0.29) is 0 Å². The van der Waals surface area contributed by atoms with Crippen molar-refractivity contribution in [3.63, 3.8) is 0 Å². The molecule has 2 heteroatoms. The number of hydrogen-bond donors (Lipinski definition) is 1. The van der Waals surface area contributed by atoms with Gasteiger partial charge in [-0.15, -0.1) is 11.3 Å². The molecule has 1 saturated carbocycles. The van der Waals surface area contributed by atoms with Gasteiger partial charge in [0, 0.05) is 16.8 Å². The van der Waals surface area contributed by atoms with Crippen LogP contribution in [0.25, 0.3) is 0 Å². The largest absolute Gasteiger partial charge is 0.319 e. The van der Waals surface area contributed by atoms with Gasteiger partial charge in [0.25, 0.3) is 0 Å². The summed E-state index contributed by atoms with van der Waals surface area (Å²) in [5.74, 6) is 0. The van der Waals surface area contributed by atoms with Crippen molar-refractivity contribution in [3.05, 3.63) is 21.9 Å². The van der Waals surface area contributed by atoms with E-state index >= 15 is 0 Å². The van der Waals surface area contributed by atoms with Crippen LogP contribution in [0, 0.1) is 6.92 Å². The number of thiophene rings is 1. The highest BCUT2D eigenvalue weighted by Gasteiger charge is 2.43. The van der Waals surface area contributed by atoms with Gasteiger partial charge in [-0.1, -0.05) is 0 Å². The third-order valence-corrected chi connectivity index (χ3v) is 3.57. The van der Waals surface area contributed by atoms with Crippen LogP contribution in [0.5, 0.6) is 0 Å². The molecule has 1 aliphatic rings. The summed E-state index contributed by atoms with van der Waals surface area (Å²) in [6.45, 7) is 3.33. The van der Waals surface area contributed by atoms with Crippen molar-refractivity contribution in [2.24, 2.45) is 0 Å². The lowest BCUT2D eigenvalue weighted by atomic mass is 9.99. The average molecular weight is 181 g/mol. The van der Waals surface area contributed by atoms with Gasteiger partial charge in [0.05, 0.1) is 0 Å². The molecule has 0 amide bonds.